The number of aromatic nitrogens is 1. The van der Waals surface area contributed by atoms with Gasteiger partial charge in [-0.15, -0.1) is 6.58 Å². The third-order valence-electron chi connectivity index (χ3n) is 2.27. The van der Waals surface area contributed by atoms with Crippen LogP contribution in [0.1, 0.15) is 31.7 Å². The minimum atomic E-state index is 0.315. The van der Waals surface area contributed by atoms with Crippen molar-refractivity contribution in [2.75, 3.05) is 0 Å². The van der Waals surface area contributed by atoms with Crippen LogP contribution in [-0.2, 0) is 11.2 Å². The Balaban J connectivity index is 2.26. The van der Waals surface area contributed by atoms with E-state index in [1.165, 1.54) is 5.56 Å². The van der Waals surface area contributed by atoms with Gasteiger partial charge >= 0.3 is 0 Å². The van der Waals surface area contributed by atoms with E-state index in [-0.39, 0.29) is 0 Å². The Morgan fingerprint density at radius 3 is 2.53 bits per heavy atom. The molecule has 1 aromatic rings. The lowest BCUT2D eigenvalue weighted by Crippen LogP contribution is -2.00. The zero-order valence-corrected chi connectivity index (χ0v) is 9.20. The number of allylic oxidation sites excluding steroid dienone is 1. The molecule has 0 radical (unpaired) electrons. The quantitative estimate of drug-likeness (QED) is 0.665. The topological polar surface area (TPSA) is 30.0 Å². The highest BCUT2D eigenvalue weighted by Crippen LogP contribution is 2.06. The maximum absolute atomic E-state index is 11.5. The molecule has 2 nitrogen and oxygen atoms in total. The molecule has 0 atom stereocenters. The summed E-state index contributed by atoms with van der Waals surface area (Å²) in [4.78, 5) is 15.4. The van der Waals surface area contributed by atoms with Gasteiger partial charge in [0.05, 0.1) is 0 Å². The fourth-order valence-corrected chi connectivity index (χ4v) is 1.31. The number of hydrogen-bond donors (Lipinski definition) is 0. The number of nitrogens with zero attached hydrogens (tertiary/aromatic N) is 1. The van der Waals surface area contributed by atoms with Gasteiger partial charge in [-0.25, -0.2) is 0 Å². The second-order valence-corrected chi connectivity index (χ2v) is 3.85. The standard InChI is InChI=1S/C13H17NO/c1-11(2)3-5-13(15)6-4-12-7-9-14-10-8-12/h7-10H,1,3-6H2,2H3. The fraction of sp³-hybridized carbons (Fsp3) is 0.385. The van der Waals surface area contributed by atoms with Gasteiger partial charge in [-0.2, -0.15) is 0 Å². The summed E-state index contributed by atoms with van der Waals surface area (Å²) in [5.74, 6) is 0.315. The van der Waals surface area contributed by atoms with E-state index in [0.29, 0.717) is 18.6 Å². The first-order chi connectivity index (χ1) is 7.18. The summed E-state index contributed by atoms with van der Waals surface area (Å²) in [6, 6.07) is 3.90. The number of pyridine rings is 1. The highest BCUT2D eigenvalue weighted by Gasteiger charge is 2.02. The van der Waals surface area contributed by atoms with E-state index in [1.807, 2.05) is 19.1 Å². The molecule has 0 aliphatic rings. The highest BCUT2D eigenvalue weighted by atomic mass is 16.1. The molecule has 0 aliphatic carbocycles. The smallest absolute Gasteiger partial charge is 0.133 e. The van der Waals surface area contributed by atoms with Crippen LogP contribution in [0, 0.1) is 0 Å². The van der Waals surface area contributed by atoms with Crippen molar-refractivity contribution in [2.45, 2.75) is 32.6 Å². The Kier molecular flexibility index (Phi) is 4.75. The van der Waals surface area contributed by atoms with Crippen molar-refractivity contribution in [1.82, 2.24) is 4.98 Å². The number of rotatable bonds is 6. The molecular weight excluding hydrogens is 186 g/mol. The van der Waals surface area contributed by atoms with Crippen molar-refractivity contribution in [3.05, 3.63) is 42.2 Å². The predicted molar refractivity (Wildman–Crippen MR) is 61.6 cm³/mol. The van der Waals surface area contributed by atoms with Crippen molar-refractivity contribution < 1.29 is 4.79 Å². The molecule has 0 N–H and O–H groups in total. The average Bonchev–Trinajstić information content (AvgIpc) is 2.25. The highest BCUT2D eigenvalue weighted by molar-refractivity contribution is 5.78. The number of Topliss-reactive ketones (excluding diaryl/α,β-unsaturated/α-hetero) is 1. The van der Waals surface area contributed by atoms with Gasteiger partial charge in [0, 0.05) is 25.2 Å². The minimum Gasteiger partial charge on any atom is -0.300 e. The molecule has 1 aromatic heterocycles. The molecular formula is C13H17NO. The van der Waals surface area contributed by atoms with Gasteiger partial charge in [0.15, 0.2) is 0 Å². The third kappa shape index (κ3) is 5.11. The number of aryl methyl sites for hydroxylation is 1. The number of carbonyl (C=O) groups excluding carboxylic acids is 1. The van der Waals surface area contributed by atoms with E-state index in [4.69, 9.17) is 0 Å². The SMILES string of the molecule is C=C(C)CCC(=O)CCc1ccncc1. The Bertz CT molecular complexity index is 330. The minimum absolute atomic E-state index is 0.315. The Morgan fingerprint density at radius 1 is 1.27 bits per heavy atom. The van der Waals surface area contributed by atoms with Crippen LogP contribution in [0.15, 0.2) is 36.7 Å². The molecule has 0 amide bonds. The molecule has 1 rings (SSSR count). The van der Waals surface area contributed by atoms with Gasteiger partial charge in [0.25, 0.3) is 0 Å². The van der Waals surface area contributed by atoms with E-state index in [1.54, 1.807) is 12.4 Å². The summed E-state index contributed by atoms with van der Waals surface area (Å²) in [7, 11) is 0. The van der Waals surface area contributed by atoms with Gasteiger partial charge < -0.3 is 0 Å². The van der Waals surface area contributed by atoms with Crippen LogP contribution in [0.2, 0.25) is 0 Å². The van der Waals surface area contributed by atoms with Gasteiger partial charge in [-0.1, -0.05) is 5.57 Å². The van der Waals surface area contributed by atoms with Gasteiger partial charge in [0.1, 0.15) is 5.78 Å². The molecule has 0 unspecified atom stereocenters. The molecule has 0 aromatic carbocycles. The van der Waals surface area contributed by atoms with Crippen molar-refractivity contribution in [3.63, 3.8) is 0 Å². The predicted octanol–water partition coefficient (Wildman–Crippen LogP) is 2.94. The summed E-state index contributed by atoms with van der Waals surface area (Å²) in [6.45, 7) is 5.74. The van der Waals surface area contributed by atoms with Crippen LogP contribution in [0.25, 0.3) is 0 Å². The number of ketones is 1. The van der Waals surface area contributed by atoms with Crippen LogP contribution >= 0.6 is 0 Å². The number of hydrogen-bond acceptors (Lipinski definition) is 2. The lowest BCUT2D eigenvalue weighted by Gasteiger charge is -2.01. The van der Waals surface area contributed by atoms with Crippen molar-refractivity contribution in [2.24, 2.45) is 0 Å². The molecule has 0 saturated carbocycles. The summed E-state index contributed by atoms with van der Waals surface area (Å²) < 4.78 is 0. The molecule has 0 saturated heterocycles. The van der Waals surface area contributed by atoms with E-state index in [9.17, 15) is 4.79 Å². The molecule has 0 spiro atoms. The van der Waals surface area contributed by atoms with Crippen LogP contribution in [0.4, 0.5) is 0 Å². The molecule has 2 heteroatoms. The maximum atomic E-state index is 11.5. The summed E-state index contributed by atoms with van der Waals surface area (Å²) in [6.07, 6.45) is 6.39. The summed E-state index contributed by atoms with van der Waals surface area (Å²) in [5, 5.41) is 0. The third-order valence-corrected chi connectivity index (χ3v) is 2.27. The van der Waals surface area contributed by atoms with Crippen molar-refractivity contribution in [1.29, 1.82) is 0 Å². The summed E-state index contributed by atoms with van der Waals surface area (Å²) in [5.41, 5.74) is 2.25. The van der Waals surface area contributed by atoms with Crippen LogP contribution in [0.5, 0.6) is 0 Å². The van der Waals surface area contributed by atoms with E-state index in [0.717, 1.165) is 18.4 Å². The van der Waals surface area contributed by atoms with Crippen molar-refractivity contribution >= 4 is 5.78 Å². The Morgan fingerprint density at radius 2 is 1.93 bits per heavy atom. The van der Waals surface area contributed by atoms with Crippen molar-refractivity contribution in [3.8, 4) is 0 Å². The first kappa shape index (κ1) is 11.6. The van der Waals surface area contributed by atoms with E-state index >= 15 is 0 Å². The maximum Gasteiger partial charge on any atom is 0.133 e. The average molecular weight is 203 g/mol. The molecule has 15 heavy (non-hydrogen) atoms. The summed E-state index contributed by atoms with van der Waals surface area (Å²) >= 11 is 0. The normalized spacial score (nSPS) is 9.93. The van der Waals surface area contributed by atoms with E-state index < -0.39 is 0 Å². The Hall–Kier alpha value is -1.44. The first-order valence-electron chi connectivity index (χ1n) is 5.23. The monoisotopic (exact) mass is 203 g/mol. The zero-order chi connectivity index (χ0) is 11.1. The van der Waals surface area contributed by atoms with Gasteiger partial charge in [-0.3, -0.25) is 9.78 Å². The zero-order valence-electron chi connectivity index (χ0n) is 9.20. The molecule has 0 fully saturated rings. The molecule has 80 valence electrons. The molecule has 1 heterocycles. The van der Waals surface area contributed by atoms with Crippen LogP contribution in [-0.4, -0.2) is 10.8 Å². The second-order valence-electron chi connectivity index (χ2n) is 3.85. The molecule has 0 bridgehead atoms. The Labute approximate surface area is 91.0 Å². The van der Waals surface area contributed by atoms with Crippen LogP contribution < -0.4 is 0 Å². The molecule has 0 aliphatic heterocycles. The first-order valence-corrected chi connectivity index (χ1v) is 5.23. The van der Waals surface area contributed by atoms with Gasteiger partial charge in [-0.05, 0) is 37.5 Å². The van der Waals surface area contributed by atoms with E-state index in [2.05, 4.69) is 11.6 Å². The van der Waals surface area contributed by atoms with Crippen LogP contribution in [0.3, 0.4) is 0 Å². The lowest BCUT2D eigenvalue weighted by molar-refractivity contribution is -0.119. The number of carbonyl (C=O) groups is 1. The largest absolute Gasteiger partial charge is 0.300 e. The fourth-order valence-electron chi connectivity index (χ4n) is 1.31. The second kappa shape index (κ2) is 6.12. The lowest BCUT2D eigenvalue weighted by atomic mass is 10.0. The van der Waals surface area contributed by atoms with Gasteiger partial charge in [0.2, 0.25) is 0 Å².